The lowest BCUT2D eigenvalue weighted by atomic mass is 9.81. The maximum atomic E-state index is 11.8. The van der Waals surface area contributed by atoms with Gasteiger partial charge < -0.3 is 21.1 Å². The fourth-order valence-corrected chi connectivity index (χ4v) is 1.17. The summed E-state index contributed by atoms with van der Waals surface area (Å²) in [6.45, 7) is 7.46. The molecule has 0 spiro atoms. The Balaban J connectivity index is 4.56. The molecule has 0 aliphatic heterocycles. The van der Waals surface area contributed by atoms with Crippen LogP contribution in [0.5, 0.6) is 0 Å². The molecule has 0 fully saturated rings. The first-order valence-electron chi connectivity index (χ1n) is 6.09. The second-order valence-electron chi connectivity index (χ2n) is 5.52. The van der Waals surface area contributed by atoms with Crippen LogP contribution < -0.4 is 11.1 Å². The summed E-state index contributed by atoms with van der Waals surface area (Å²) in [7, 11) is 0. The van der Waals surface area contributed by atoms with Gasteiger partial charge in [0.05, 0.1) is 0 Å². The normalized spacial score (nSPS) is 11.2. The summed E-state index contributed by atoms with van der Waals surface area (Å²) in [5.41, 5.74) is 4.86. The van der Waals surface area contributed by atoms with Crippen molar-refractivity contribution < 1.29 is 19.5 Å². The van der Waals surface area contributed by atoms with Gasteiger partial charge in [0.1, 0.15) is 13.1 Å². The lowest BCUT2D eigenvalue weighted by molar-refractivity contribution is -0.137. The average molecular weight is 273 g/mol. The first-order valence-corrected chi connectivity index (χ1v) is 6.09. The number of rotatable bonds is 7. The molecule has 0 heterocycles. The molecule has 19 heavy (non-hydrogen) atoms. The fraction of sp³-hybridized carbons (Fsp3) is 0.750. The molecule has 7 nitrogen and oxygen atoms in total. The van der Waals surface area contributed by atoms with Gasteiger partial charge in [0.15, 0.2) is 0 Å². The number of aliphatic carboxylic acids is 1. The van der Waals surface area contributed by atoms with Gasteiger partial charge >= 0.3 is 12.0 Å². The van der Waals surface area contributed by atoms with E-state index in [2.05, 4.69) is 5.32 Å². The largest absolute Gasteiger partial charge is 0.480 e. The molecule has 0 aromatic rings. The van der Waals surface area contributed by atoms with Crippen LogP contribution in [-0.2, 0) is 9.59 Å². The molecule has 0 rings (SSSR count). The van der Waals surface area contributed by atoms with Gasteiger partial charge in [0.2, 0.25) is 5.91 Å². The van der Waals surface area contributed by atoms with Crippen LogP contribution in [0.15, 0.2) is 0 Å². The number of hydrogen-bond donors (Lipinski definition) is 3. The topological polar surface area (TPSA) is 113 Å². The van der Waals surface area contributed by atoms with Crippen molar-refractivity contribution in [2.45, 2.75) is 27.7 Å². The number of nitrogens with one attached hydrogen (secondary N) is 1. The number of nitrogens with two attached hydrogens (primary N) is 1. The van der Waals surface area contributed by atoms with Crippen molar-refractivity contribution in [1.82, 2.24) is 10.2 Å². The van der Waals surface area contributed by atoms with E-state index in [1.807, 2.05) is 27.7 Å². The summed E-state index contributed by atoms with van der Waals surface area (Å²) in [5, 5.41) is 11.3. The lowest BCUT2D eigenvalue weighted by Gasteiger charge is -2.30. The first kappa shape index (κ1) is 17.2. The van der Waals surface area contributed by atoms with Crippen molar-refractivity contribution in [3.05, 3.63) is 0 Å². The first-order chi connectivity index (χ1) is 8.56. The lowest BCUT2D eigenvalue weighted by Crippen LogP contribution is -2.49. The van der Waals surface area contributed by atoms with Crippen molar-refractivity contribution in [2.75, 3.05) is 19.6 Å². The molecule has 0 aromatic heterocycles. The highest BCUT2D eigenvalue weighted by Crippen LogP contribution is 2.24. The van der Waals surface area contributed by atoms with Crippen LogP contribution in [0.4, 0.5) is 4.79 Å². The summed E-state index contributed by atoms with van der Waals surface area (Å²) >= 11 is 0. The number of carbonyl (C=O) groups excluding carboxylic acids is 2. The van der Waals surface area contributed by atoms with Gasteiger partial charge in [0.25, 0.3) is 0 Å². The predicted molar refractivity (Wildman–Crippen MR) is 70.4 cm³/mol. The molecule has 0 aliphatic carbocycles. The Labute approximate surface area is 113 Å². The number of urea groups is 1. The van der Waals surface area contributed by atoms with Gasteiger partial charge in [-0.05, 0) is 11.3 Å². The minimum Gasteiger partial charge on any atom is -0.480 e. The van der Waals surface area contributed by atoms with Gasteiger partial charge in [-0.25, -0.2) is 4.79 Å². The zero-order valence-corrected chi connectivity index (χ0v) is 11.9. The van der Waals surface area contributed by atoms with Gasteiger partial charge in [-0.2, -0.15) is 0 Å². The maximum absolute atomic E-state index is 11.8. The molecule has 0 bridgehead atoms. The van der Waals surface area contributed by atoms with Crippen LogP contribution in [0.25, 0.3) is 0 Å². The molecule has 3 amide bonds. The van der Waals surface area contributed by atoms with Crippen molar-refractivity contribution in [1.29, 1.82) is 0 Å². The van der Waals surface area contributed by atoms with Gasteiger partial charge in [-0.3, -0.25) is 9.59 Å². The molecule has 0 saturated carbocycles. The van der Waals surface area contributed by atoms with Crippen molar-refractivity contribution in [3.63, 3.8) is 0 Å². The minimum atomic E-state index is -1.19. The summed E-state index contributed by atoms with van der Waals surface area (Å²) < 4.78 is 0. The fourth-order valence-electron chi connectivity index (χ4n) is 1.17. The van der Waals surface area contributed by atoms with Crippen molar-refractivity contribution >= 4 is 17.9 Å². The van der Waals surface area contributed by atoms with Gasteiger partial charge in [0, 0.05) is 6.54 Å². The minimum absolute atomic E-state index is 0.128. The van der Waals surface area contributed by atoms with Crippen LogP contribution in [0, 0.1) is 11.3 Å². The molecular weight excluding hydrogens is 250 g/mol. The number of amides is 3. The van der Waals surface area contributed by atoms with Crippen LogP contribution in [0.3, 0.4) is 0 Å². The third-order valence-corrected chi connectivity index (χ3v) is 3.22. The Kier molecular flexibility index (Phi) is 6.31. The van der Waals surface area contributed by atoms with E-state index >= 15 is 0 Å². The Morgan fingerprint density at radius 1 is 1.26 bits per heavy atom. The number of carboxylic acids is 1. The Hall–Kier alpha value is -1.79. The Morgan fingerprint density at radius 3 is 2.16 bits per heavy atom. The van der Waals surface area contributed by atoms with Crippen LogP contribution >= 0.6 is 0 Å². The second-order valence-corrected chi connectivity index (χ2v) is 5.52. The van der Waals surface area contributed by atoms with Crippen molar-refractivity contribution in [3.8, 4) is 0 Å². The smallest absolute Gasteiger partial charge is 0.323 e. The Morgan fingerprint density at radius 2 is 1.79 bits per heavy atom. The molecule has 0 unspecified atom stereocenters. The quantitative estimate of drug-likeness (QED) is 0.617. The average Bonchev–Trinajstić information content (AvgIpc) is 2.23. The molecule has 0 radical (unpaired) electrons. The maximum Gasteiger partial charge on any atom is 0.323 e. The van der Waals surface area contributed by atoms with E-state index < -0.39 is 31.0 Å². The Bertz CT molecular complexity index is 337. The summed E-state index contributed by atoms with van der Waals surface area (Å²) in [6, 6.07) is -0.602. The number of nitrogens with zero attached hydrogens (tertiary/aromatic N) is 1. The number of hydrogen-bond acceptors (Lipinski definition) is 3. The predicted octanol–water partition coefficient (Wildman–Crippen LogP) is 0.250. The van der Waals surface area contributed by atoms with Crippen LogP contribution in [0.2, 0.25) is 0 Å². The third-order valence-electron chi connectivity index (χ3n) is 3.22. The SMILES string of the molecule is CC(C)C(C)(C)CNC(=O)N(CC(N)=O)CC(=O)O. The highest BCUT2D eigenvalue weighted by Gasteiger charge is 2.25. The van der Waals surface area contributed by atoms with Crippen LogP contribution in [-0.4, -0.2) is 47.5 Å². The standard InChI is InChI=1S/C12H23N3O4/c1-8(2)12(3,4)7-14-11(19)15(5-9(13)16)6-10(17)18/h8H,5-7H2,1-4H3,(H2,13,16)(H,14,19)(H,17,18). The summed E-state index contributed by atoms with van der Waals surface area (Å²) in [4.78, 5) is 34.1. The second kappa shape index (κ2) is 6.96. The van der Waals surface area contributed by atoms with E-state index in [4.69, 9.17) is 10.8 Å². The van der Waals surface area contributed by atoms with E-state index in [0.717, 1.165) is 4.90 Å². The van der Waals surface area contributed by atoms with E-state index in [-0.39, 0.29) is 5.41 Å². The third kappa shape index (κ3) is 6.64. The molecule has 0 aromatic carbocycles. The summed E-state index contributed by atoms with van der Waals surface area (Å²) in [5.74, 6) is -1.60. The van der Waals surface area contributed by atoms with Crippen LogP contribution in [0.1, 0.15) is 27.7 Å². The zero-order valence-electron chi connectivity index (χ0n) is 11.9. The zero-order chi connectivity index (χ0) is 15.2. The molecule has 110 valence electrons. The molecule has 0 aliphatic rings. The summed E-state index contributed by atoms with van der Waals surface area (Å²) in [6.07, 6.45) is 0. The molecular formula is C12H23N3O4. The monoisotopic (exact) mass is 273 g/mol. The van der Waals surface area contributed by atoms with Crippen molar-refractivity contribution in [2.24, 2.45) is 17.1 Å². The van der Waals surface area contributed by atoms with Gasteiger partial charge in [-0.1, -0.05) is 27.7 Å². The molecule has 4 N–H and O–H groups in total. The number of carbonyl (C=O) groups is 3. The van der Waals surface area contributed by atoms with E-state index in [9.17, 15) is 14.4 Å². The van der Waals surface area contributed by atoms with E-state index in [0.29, 0.717) is 12.5 Å². The number of primary amides is 1. The highest BCUT2D eigenvalue weighted by molar-refractivity contribution is 5.85. The highest BCUT2D eigenvalue weighted by atomic mass is 16.4. The van der Waals surface area contributed by atoms with E-state index in [1.165, 1.54) is 0 Å². The molecule has 0 saturated heterocycles. The molecule has 7 heteroatoms. The molecule has 0 atom stereocenters. The van der Waals surface area contributed by atoms with Gasteiger partial charge in [-0.15, -0.1) is 0 Å². The number of carboxylic acid groups (broad SMARTS) is 1. The van der Waals surface area contributed by atoms with E-state index in [1.54, 1.807) is 0 Å².